The number of aryl methyl sites for hydroxylation is 2. The van der Waals surface area contributed by atoms with Crippen LogP contribution in [0, 0.1) is 33.1 Å². The fourth-order valence-electron chi connectivity index (χ4n) is 1.88. The minimum atomic E-state index is -0.304. The monoisotopic (exact) mass is 216 g/mol. The summed E-state index contributed by atoms with van der Waals surface area (Å²) < 4.78 is 5.21. The molecule has 0 radical (unpaired) electrons. The van der Waals surface area contributed by atoms with Crippen LogP contribution in [0.2, 0.25) is 0 Å². The number of terminal acetylenes is 1. The van der Waals surface area contributed by atoms with Gasteiger partial charge in [-0.1, -0.05) is 6.07 Å². The van der Waals surface area contributed by atoms with Crippen molar-refractivity contribution in [3.8, 4) is 18.1 Å². The number of esters is 1. The molecule has 0 atom stereocenters. The molecular formula is C14H16O2. The molecule has 0 aliphatic heterocycles. The SMILES string of the molecule is C#CCc1c(C)cc(C)c(OC(C)=O)c1C. The zero-order valence-electron chi connectivity index (χ0n) is 10.2. The number of carbonyl (C=O) groups excluding carboxylic acids is 1. The maximum Gasteiger partial charge on any atom is 0.308 e. The van der Waals surface area contributed by atoms with E-state index in [4.69, 9.17) is 11.2 Å². The van der Waals surface area contributed by atoms with Crippen LogP contribution in [-0.2, 0) is 11.2 Å². The van der Waals surface area contributed by atoms with Crippen molar-refractivity contribution in [1.29, 1.82) is 0 Å². The van der Waals surface area contributed by atoms with Crippen LogP contribution < -0.4 is 4.74 Å². The van der Waals surface area contributed by atoms with E-state index < -0.39 is 0 Å². The predicted octanol–water partition coefficient (Wildman–Crippen LogP) is 2.71. The van der Waals surface area contributed by atoms with Crippen LogP contribution in [0.15, 0.2) is 6.07 Å². The Morgan fingerprint density at radius 2 is 2.00 bits per heavy atom. The molecule has 0 heterocycles. The van der Waals surface area contributed by atoms with Gasteiger partial charge in [-0.3, -0.25) is 4.79 Å². The molecule has 1 aromatic rings. The molecule has 1 aromatic carbocycles. The summed E-state index contributed by atoms with van der Waals surface area (Å²) in [6.07, 6.45) is 5.89. The van der Waals surface area contributed by atoms with Crippen LogP contribution in [0.25, 0.3) is 0 Å². The minimum absolute atomic E-state index is 0.304. The number of hydrogen-bond acceptors (Lipinski definition) is 2. The summed E-state index contributed by atoms with van der Waals surface area (Å²) in [4.78, 5) is 11.0. The second-order valence-corrected chi connectivity index (χ2v) is 3.92. The molecule has 0 aliphatic carbocycles. The number of ether oxygens (including phenoxy) is 1. The second-order valence-electron chi connectivity index (χ2n) is 3.92. The summed E-state index contributed by atoms with van der Waals surface area (Å²) in [6, 6.07) is 2.00. The molecule has 0 saturated carbocycles. The maximum atomic E-state index is 11.0. The standard InChI is InChI=1S/C14H16O2/c1-6-7-13-9(2)8-10(3)14(11(13)4)16-12(5)15/h1,8H,7H2,2-5H3. The zero-order chi connectivity index (χ0) is 12.3. The molecule has 16 heavy (non-hydrogen) atoms. The molecule has 0 aliphatic rings. The van der Waals surface area contributed by atoms with Crippen LogP contribution in [-0.4, -0.2) is 5.97 Å². The van der Waals surface area contributed by atoms with Gasteiger partial charge in [0.15, 0.2) is 0 Å². The Morgan fingerprint density at radius 3 is 2.50 bits per heavy atom. The Morgan fingerprint density at radius 1 is 1.38 bits per heavy atom. The van der Waals surface area contributed by atoms with E-state index in [-0.39, 0.29) is 5.97 Å². The van der Waals surface area contributed by atoms with Crippen LogP contribution in [0.1, 0.15) is 29.2 Å². The van der Waals surface area contributed by atoms with Crippen LogP contribution in [0.3, 0.4) is 0 Å². The van der Waals surface area contributed by atoms with Crippen molar-refractivity contribution < 1.29 is 9.53 Å². The molecule has 2 nitrogen and oxygen atoms in total. The lowest BCUT2D eigenvalue weighted by Crippen LogP contribution is -2.07. The molecule has 0 saturated heterocycles. The number of rotatable bonds is 2. The molecule has 0 N–H and O–H groups in total. The third-order valence-electron chi connectivity index (χ3n) is 2.59. The topological polar surface area (TPSA) is 26.3 Å². The third-order valence-corrected chi connectivity index (χ3v) is 2.59. The first kappa shape index (κ1) is 12.3. The number of carbonyl (C=O) groups is 1. The molecule has 2 heteroatoms. The van der Waals surface area contributed by atoms with Gasteiger partial charge in [-0.05, 0) is 43.0 Å². The van der Waals surface area contributed by atoms with Gasteiger partial charge >= 0.3 is 5.97 Å². The van der Waals surface area contributed by atoms with Gasteiger partial charge < -0.3 is 4.74 Å². The number of benzene rings is 1. The quantitative estimate of drug-likeness (QED) is 0.431. The average molecular weight is 216 g/mol. The van der Waals surface area contributed by atoms with Crippen molar-refractivity contribution in [3.63, 3.8) is 0 Å². The highest BCUT2D eigenvalue weighted by molar-refractivity contribution is 5.71. The summed E-state index contributed by atoms with van der Waals surface area (Å²) in [5, 5.41) is 0. The molecule has 0 fully saturated rings. The first-order valence-corrected chi connectivity index (χ1v) is 5.19. The lowest BCUT2D eigenvalue weighted by Gasteiger charge is -2.15. The largest absolute Gasteiger partial charge is 0.426 e. The van der Waals surface area contributed by atoms with Gasteiger partial charge in [0.2, 0.25) is 0 Å². The summed E-state index contributed by atoms with van der Waals surface area (Å²) >= 11 is 0. The first-order valence-electron chi connectivity index (χ1n) is 5.19. The molecule has 1 rings (SSSR count). The number of hydrogen-bond donors (Lipinski definition) is 0. The van der Waals surface area contributed by atoms with E-state index >= 15 is 0 Å². The summed E-state index contributed by atoms with van der Waals surface area (Å²) in [5.74, 6) is 2.96. The van der Waals surface area contributed by atoms with Crippen molar-refractivity contribution in [2.24, 2.45) is 0 Å². The lowest BCUT2D eigenvalue weighted by atomic mass is 9.96. The Bertz CT molecular complexity index is 465. The predicted molar refractivity (Wildman–Crippen MR) is 64.5 cm³/mol. The van der Waals surface area contributed by atoms with Crippen molar-refractivity contribution in [3.05, 3.63) is 28.3 Å². The molecule has 0 aromatic heterocycles. The van der Waals surface area contributed by atoms with Crippen molar-refractivity contribution in [1.82, 2.24) is 0 Å². The highest BCUT2D eigenvalue weighted by Gasteiger charge is 2.12. The Labute approximate surface area is 96.6 Å². The van der Waals surface area contributed by atoms with Crippen molar-refractivity contribution in [2.75, 3.05) is 0 Å². The molecule has 84 valence electrons. The van der Waals surface area contributed by atoms with E-state index in [1.165, 1.54) is 6.92 Å². The zero-order valence-corrected chi connectivity index (χ0v) is 10.2. The van der Waals surface area contributed by atoms with E-state index in [2.05, 4.69) is 5.92 Å². The minimum Gasteiger partial charge on any atom is -0.426 e. The van der Waals surface area contributed by atoms with Gasteiger partial charge in [0.25, 0.3) is 0 Å². The molecule has 0 amide bonds. The average Bonchev–Trinajstić information content (AvgIpc) is 2.19. The molecule has 0 unspecified atom stereocenters. The van der Waals surface area contributed by atoms with Gasteiger partial charge in [0.05, 0.1) is 0 Å². The Hall–Kier alpha value is -1.75. The second kappa shape index (κ2) is 4.85. The van der Waals surface area contributed by atoms with Crippen LogP contribution >= 0.6 is 0 Å². The smallest absolute Gasteiger partial charge is 0.308 e. The van der Waals surface area contributed by atoms with E-state index in [9.17, 15) is 4.79 Å². The maximum absolute atomic E-state index is 11.0. The third kappa shape index (κ3) is 2.43. The van der Waals surface area contributed by atoms with Crippen molar-refractivity contribution >= 4 is 5.97 Å². The highest BCUT2D eigenvalue weighted by atomic mass is 16.5. The van der Waals surface area contributed by atoms with E-state index in [1.807, 2.05) is 26.8 Å². The fraction of sp³-hybridized carbons (Fsp3) is 0.357. The molecule has 0 bridgehead atoms. The van der Waals surface area contributed by atoms with Crippen molar-refractivity contribution in [2.45, 2.75) is 34.1 Å². The summed E-state index contributed by atoms with van der Waals surface area (Å²) in [7, 11) is 0. The Balaban J connectivity index is 3.33. The fourth-order valence-corrected chi connectivity index (χ4v) is 1.88. The summed E-state index contributed by atoms with van der Waals surface area (Å²) in [6.45, 7) is 7.28. The van der Waals surface area contributed by atoms with Crippen LogP contribution in [0.4, 0.5) is 0 Å². The molecule has 0 spiro atoms. The van der Waals surface area contributed by atoms with Gasteiger partial charge in [0, 0.05) is 13.3 Å². The van der Waals surface area contributed by atoms with E-state index in [0.29, 0.717) is 12.2 Å². The van der Waals surface area contributed by atoms with Gasteiger partial charge in [-0.25, -0.2) is 0 Å². The van der Waals surface area contributed by atoms with Gasteiger partial charge in [0.1, 0.15) is 5.75 Å². The highest BCUT2D eigenvalue weighted by Crippen LogP contribution is 2.29. The first-order chi connectivity index (χ1) is 7.47. The molecular weight excluding hydrogens is 200 g/mol. The Kier molecular flexibility index (Phi) is 3.73. The van der Waals surface area contributed by atoms with E-state index in [1.54, 1.807) is 0 Å². The lowest BCUT2D eigenvalue weighted by molar-refractivity contribution is -0.131. The van der Waals surface area contributed by atoms with Gasteiger partial charge in [-0.15, -0.1) is 12.3 Å². The van der Waals surface area contributed by atoms with E-state index in [0.717, 1.165) is 22.3 Å². The summed E-state index contributed by atoms with van der Waals surface area (Å²) in [5.41, 5.74) is 4.14. The normalized spacial score (nSPS) is 9.69. The van der Waals surface area contributed by atoms with Crippen LogP contribution in [0.5, 0.6) is 5.75 Å². The van der Waals surface area contributed by atoms with Gasteiger partial charge in [-0.2, -0.15) is 0 Å².